The molecule has 1 saturated heterocycles. The van der Waals surface area contributed by atoms with Gasteiger partial charge in [-0.1, -0.05) is 6.07 Å². The van der Waals surface area contributed by atoms with Gasteiger partial charge in [-0.15, -0.1) is 0 Å². The topological polar surface area (TPSA) is 59.3 Å². The molecule has 2 rings (SSSR count). The molecule has 1 aliphatic heterocycles. The lowest BCUT2D eigenvalue weighted by atomic mass is 10.1. The van der Waals surface area contributed by atoms with Crippen LogP contribution in [0.3, 0.4) is 0 Å². The van der Waals surface area contributed by atoms with Crippen molar-refractivity contribution >= 4 is 5.69 Å². The minimum atomic E-state index is 0.206. The zero-order valence-corrected chi connectivity index (χ0v) is 10.6. The summed E-state index contributed by atoms with van der Waals surface area (Å²) in [6.07, 6.45) is 0.765. The molecule has 2 atom stereocenters. The largest absolute Gasteiger partial charge is 0.396 e. The van der Waals surface area contributed by atoms with Gasteiger partial charge in [-0.2, -0.15) is 5.26 Å². The Bertz CT molecular complexity index is 441. The Kier molecular flexibility index (Phi) is 4.19. The van der Waals surface area contributed by atoms with E-state index in [1.807, 2.05) is 24.3 Å². The van der Waals surface area contributed by atoms with Gasteiger partial charge in [0.05, 0.1) is 11.6 Å². The van der Waals surface area contributed by atoms with Gasteiger partial charge in [0, 0.05) is 37.5 Å². The van der Waals surface area contributed by atoms with E-state index in [2.05, 4.69) is 23.2 Å². The fourth-order valence-corrected chi connectivity index (χ4v) is 2.39. The fraction of sp³-hybridized carbons (Fsp3) is 0.500. The number of benzene rings is 1. The lowest BCUT2D eigenvalue weighted by Crippen LogP contribution is -2.55. The Morgan fingerprint density at radius 3 is 3.11 bits per heavy atom. The Morgan fingerprint density at radius 2 is 2.39 bits per heavy atom. The fourth-order valence-electron chi connectivity index (χ4n) is 2.39. The number of aliphatic hydroxyl groups excluding tert-OH is 1. The Balaban J connectivity index is 2.16. The molecule has 4 heteroatoms. The molecule has 0 spiro atoms. The van der Waals surface area contributed by atoms with E-state index >= 15 is 0 Å². The zero-order chi connectivity index (χ0) is 13.0. The Morgan fingerprint density at radius 1 is 1.56 bits per heavy atom. The van der Waals surface area contributed by atoms with E-state index in [-0.39, 0.29) is 6.61 Å². The van der Waals surface area contributed by atoms with E-state index in [9.17, 15) is 0 Å². The monoisotopic (exact) mass is 245 g/mol. The highest BCUT2D eigenvalue weighted by atomic mass is 16.3. The molecular formula is C14H19N3O. The Labute approximate surface area is 108 Å². The number of nitrogens with one attached hydrogen (secondary N) is 1. The molecule has 1 aromatic carbocycles. The molecule has 4 nitrogen and oxygen atoms in total. The van der Waals surface area contributed by atoms with E-state index in [1.165, 1.54) is 0 Å². The highest BCUT2D eigenvalue weighted by Gasteiger charge is 2.24. The van der Waals surface area contributed by atoms with E-state index in [4.69, 9.17) is 10.4 Å². The van der Waals surface area contributed by atoms with Gasteiger partial charge in [-0.25, -0.2) is 0 Å². The van der Waals surface area contributed by atoms with Crippen LogP contribution < -0.4 is 10.2 Å². The van der Waals surface area contributed by atoms with Crippen LogP contribution in [0.4, 0.5) is 5.69 Å². The normalized spacial score (nSPS) is 23.7. The second kappa shape index (κ2) is 5.85. The van der Waals surface area contributed by atoms with Crippen LogP contribution in [0, 0.1) is 11.3 Å². The number of rotatable bonds is 3. The van der Waals surface area contributed by atoms with Gasteiger partial charge >= 0.3 is 0 Å². The van der Waals surface area contributed by atoms with E-state index in [0.29, 0.717) is 17.6 Å². The molecule has 1 aromatic rings. The second-order valence-corrected chi connectivity index (χ2v) is 4.78. The number of nitrogens with zero attached hydrogens (tertiary/aromatic N) is 2. The number of anilines is 1. The molecule has 1 fully saturated rings. The first-order chi connectivity index (χ1) is 8.74. The average Bonchev–Trinajstić information content (AvgIpc) is 2.41. The van der Waals surface area contributed by atoms with Crippen molar-refractivity contribution in [2.45, 2.75) is 25.4 Å². The molecule has 2 N–H and O–H groups in total. The molecule has 0 aromatic heterocycles. The highest BCUT2D eigenvalue weighted by molar-refractivity contribution is 5.52. The van der Waals surface area contributed by atoms with Crippen molar-refractivity contribution in [3.05, 3.63) is 29.8 Å². The standard InChI is InChI=1S/C14H19N3O/c1-11-9-16-13(5-6-18)10-17(11)14-4-2-3-12(7-14)8-15/h2-4,7,11,13,16,18H,5-6,9-10H2,1H3. The first-order valence-corrected chi connectivity index (χ1v) is 6.35. The van der Waals surface area contributed by atoms with Crippen LogP contribution in [0.15, 0.2) is 24.3 Å². The molecule has 1 heterocycles. The number of hydrogen-bond acceptors (Lipinski definition) is 4. The van der Waals surface area contributed by atoms with Crippen molar-refractivity contribution < 1.29 is 5.11 Å². The maximum Gasteiger partial charge on any atom is 0.0992 e. The van der Waals surface area contributed by atoms with Crippen LogP contribution in [0.1, 0.15) is 18.9 Å². The summed E-state index contributed by atoms with van der Waals surface area (Å²) in [5, 5.41) is 21.4. The average molecular weight is 245 g/mol. The van der Waals surface area contributed by atoms with Gasteiger partial charge in [0.15, 0.2) is 0 Å². The minimum absolute atomic E-state index is 0.206. The molecule has 0 bridgehead atoms. The van der Waals surface area contributed by atoms with Crippen molar-refractivity contribution in [2.24, 2.45) is 0 Å². The molecule has 0 aliphatic carbocycles. The number of piperazine rings is 1. The highest BCUT2D eigenvalue weighted by Crippen LogP contribution is 2.21. The van der Waals surface area contributed by atoms with Crippen LogP contribution in [-0.2, 0) is 0 Å². The maximum absolute atomic E-state index is 9.02. The van der Waals surface area contributed by atoms with E-state index in [0.717, 1.165) is 25.2 Å². The Hall–Kier alpha value is -1.57. The summed E-state index contributed by atoms with van der Waals surface area (Å²) in [5.41, 5.74) is 1.78. The predicted molar refractivity (Wildman–Crippen MR) is 71.5 cm³/mol. The molecule has 0 saturated carbocycles. The van der Waals surface area contributed by atoms with Crippen molar-refractivity contribution in [1.82, 2.24) is 5.32 Å². The summed E-state index contributed by atoms with van der Waals surface area (Å²) in [7, 11) is 0. The van der Waals surface area contributed by atoms with Crippen LogP contribution in [0.25, 0.3) is 0 Å². The summed E-state index contributed by atoms with van der Waals surface area (Å²) < 4.78 is 0. The molecular weight excluding hydrogens is 226 g/mol. The SMILES string of the molecule is CC1CNC(CCO)CN1c1cccc(C#N)c1. The van der Waals surface area contributed by atoms with Crippen molar-refractivity contribution in [3.63, 3.8) is 0 Å². The summed E-state index contributed by atoms with van der Waals surface area (Å²) in [6.45, 7) is 4.15. The quantitative estimate of drug-likeness (QED) is 0.837. The van der Waals surface area contributed by atoms with E-state index < -0.39 is 0 Å². The minimum Gasteiger partial charge on any atom is -0.396 e. The third kappa shape index (κ3) is 2.81. The van der Waals surface area contributed by atoms with Crippen molar-refractivity contribution in [1.29, 1.82) is 5.26 Å². The first-order valence-electron chi connectivity index (χ1n) is 6.35. The summed E-state index contributed by atoms with van der Waals surface area (Å²) in [6, 6.07) is 10.6. The second-order valence-electron chi connectivity index (χ2n) is 4.78. The molecule has 2 unspecified atom stereocenters. The molecule has 1 aliphatic rings. The van der Waals surface area contributed by atoms with E-state index in [1.54, 1.807) is 0 Å². The number of nitriles is 1. The molecule has 0 amide bonds. The van der Waals surface area contributed by atoms with Crippen LogP contribution in [-0.4, -0.2) is 36.9 Å². The van der Waals surface area contributed by atoms with Gasteiger partial charge in [0.1, 0.15) is 0 Å². The number of aliphatic hydroxyl groups is 1. The smallest absolute Gasteiger partial charge is 0.0992 e. The maximum atomic E-state index is 9.02. The zero-order valence-electron chi connectivity index (χ0n) is 10.6. The van der Waals surface area contributed by atoms with Gasteiger partial charge < -0.3 is 15.3 Å². The van der Waals surface area contributed by atoms with Crippen LogP contribution in [0.2, 0.25) is 0 Å². The third-order valence-corrected chi connectivity index (χ3v) is 3.44. The van der Waals surface area contributed by atoms with Crippen LogP contribution in [0.5, 0.6) is 0 Å². The van der Waals surface area contributed by atoms with Gasteiger partial charge in [0.25, 0.3) is 0 Å². The summed E-state index contributed by atoms with van der Waals surface area (Å²) in [5.74, 6) is 0. The lowest BCUT2D eigenvalue weighted by Gasteiger charge is -2.40. The van der Waals surface area contributed by atoms with Gasteiger partial charge in [-0.3, -0.25) is 0 Å². The summed E-state index contributed by atoms with van der Waals surface area (Å²) in [4.78, 5) is 2.30. The number of hydrogen-bond donors (Lipinski definition) is 2. The summed E-state index contributed by atoms with van der Waals surface area (Å²) >= 11 is 0. The van der Waals surface area contributed by atoms with Crippen molar-refractivity contribution in [3.8, 4) is 6.07 Å². The van der Waals surface area contributed by atoms with Gasteiger partial charge in [-0.05, 0) is 31.5 Å². The first kappa shape index (κ1) is 12.9. The lowest BCUT2D eigenvalue weighted by molar-refractivity contribution is 0.255. The molecule has 96 valence electrons. The van der Waals surface area contributed by atoms with Gasteiger partial charge in [0.2, 0.25) is 0 Å². The predicted octanol–water partition coefficient (Wildman–Crippen LogP) is 1.11. The van der Waals surface area contributed by atoms with Crippen LogP contribution >= 0.6 is 0 Å². The molecule has 18 heavy (non-hydrogen) atoms. The third-order valence-electron chi connectivity index (χ3n) is 3.44. The van der Waals surface area contributed by atoms with Crippen molar-refractivity contribution in [2.75, 3.05) is 24.6 Å². The molecule has 0 radical (unpaired) electrons.